The molecule has 0 radical (unpaired) electrons. The molecule has 1 amide bonds. The summed E-state index contributed by atoms with van der Waals surface area (Å²) in [6.07, 6.45) is 1.50. The van der Waals surface area contributed by atoms with E-state index in [1.54, 1.807) is 13.0 Å². The van der Waals surface area contributed by atoms with Gasteiger partial charge in [-0.15, -0.1) is 17.9 Å². The number of anilines is 1. The van der Waals surface area contributed by atoms with Crippen molar-refractivity contribution in [3.63, 3.8) is 0 Å². The summed E-state index contributed by atoms with van der Waals surface area (Å²) >= 11 is 1.35. The van der Waals surface area contributed by atoms with Gasteiger partial charge in [0.05, 0.1) is 30.5 Å². The molecular weight excluding hydrogens is 414 g/mol. The standard InChI is InChI=1S/C23H23N3O4S/c1-5-11-26(23-25-18(13-31-23)16-9-7-6-8-10-16)19(28)12-17-20(22(29)30-4)14(2)21(24-17)15(3)27/h5-10,13,24H,1,11-12H2,2-4H3. The minimum absolute atomic E-state index is 0.118. The molecule has 2 heterocycles. The second-order valence-electron chi connectivity index (χ2n) is 6.88. The summed E-state index contributed by atoms with van der Waals surface area (Å²) in [6.45, 7) is 7.05. The number of nitrogens with one attached hydrogen (secondary N) is 1. The van der Waals surface area contributed by atoms with Gasteiger partial charge in [-0.05, 0) is 12.5 Å². The van der Waals surface area contributed by atoms with Crippen molar-refractivity contribution in [2.75, 3.05) is 18.6 Å². The van der Waals surface area contributed by atoms with Gasteiger partial charge in [-0.1, -0.05) is 36.4 Å². The average Bonchev–Trinajstić information content (AvgIpc) is 3.37. The lowest BCUT2D eigenvalue weighted by atomic mass is 10.1. The largest absolute Gasteiger partial charge is 0.465 e. The van der Waals surface area contributed by atoms with Crippen molar-refractivity contribution in [1.82, 2.24) is 9.97 Å². The SMILES string of the molecule is C=CCN(C(=O)Cc1[nH]c(C(C)=O)c(C)c1C(=O)OC)c1nc(-c2ccccc2)cs1. The Morgan fingerprint density at radius 2 is 1.97 bits per heavy atom. The van der Waals surface area contributed by atoms with Gasteiger partial charge in [-0.25, -0.2) is 9.78 Å². The van der Waals surface area contributed by atoms with Crippen LogP contribution >= 0.6 is 11.3 Å². The van der Waals surface area contributed by atoms with E-state index in [4.69, 9.17) is 4.74 Å². The predicted molar refractivity (Wildman–Crippen MR) is 121 cm³/mol. The minimum Gasteiger partial charge on any atom is -0.465 e. The molecule has 8 heteroatoms. The third kappa shape index (κ3) is 4.64. The molecule has 0 aliphatic carbocycles. The molecule has 31 heavy (non-hydrogen) atoms. The van der Waals surface area contributed by atoms with Crippen molar-refractivity contribution in [2.45, 2.75) is 20.3 Å². The summed E-state index contributed by atoms with van der Waals surface area (Å²) < 4.78 is 4.86. The van der Waals surface area contributed by atoms with Crippen LogP contribution in [0.2, 0.25) is 0 Å². The Morgan fingerprint density at radius 1 is 1.26 bits per heavy atom. The van der Waals surface area contributed by atoms with Crippen LogP contribution in [0.4, 0.5) is 5.13 Å². The Balaban J connectivity index is 1.93. The number of ketones is 1. The molecule has 0 aliphatic rings. The molecule has 0 saturated heterocycles. The van der Waals surface area contributed by atoms with Crippen molar-refractivity contribution in [2.24, 2.45) is 0 Å². The fourth-order valence-corrected chi connectivity index (χ4v) is 4.17. The number of H-pyrrole nitrogens is 1. The highest BCUT2D eigenvalue weighted by Gasteiger charge is 2.27. The molecule has 1 N–H and O–H groups in total. The van der Waals surface area contributed by atoms with Crippen LogP contribution < -0.4 is 4.90 Å². The Morgan fingerprint density at radius 3 is 2.58 bits per heavy atom. The number of carbonyl (C=O) groups is 3. The molecule has 0 spiro atoms. The van der Waals surface area contributed by atoms with E-state index in [1.165, 1.54) is 30.3 Å². The molecule has 0 bridgehead atoms. The fraction of sp³-hybridized carbons (Fsp3) is 0.217. The maximum atomic E-state index is 13.2. The zero-order chi connectivity index (χ0) is 22.5. The quantitative estimate of drug-likeness (QED) is 0.324. The number of aromatic nitrogens is 2. The summed E-state index contributed by atoms with van der Waals surface area (Å²) in [5, 5.41) is 2.42. The van der Waals surface area contributed by atoms with Crippen LogP contribution in [0.1, 0.15) is 39.0 Å². The van der Waals surface area contributed by atoms with E-state index in [1.807, 2.05) is 35.7 Å². The van der Waals surface area contributed by atoms with Gasteiger partial charge in [-0.3, -0.25) is 14.5 Å². The second-order valence-corrected chi connectivity index (χ2v) is 7.71. The molecule has 7 nitrogen and oxygen atoms in total. The van der Waals surface area contributed by atoms with E-state index in [-0.39, 0.29) is 30.2 Å². The molecule has 3 aromatic rings. The lowest BCUT2D eigenvalue weighted by molar-refractivity contribution is -0.117. The van der Waals surface area contributed by atoms with Crippen molar-refractivity contribution in [3.05, 3.63) is 70.9 Å². The van der Waals surface area contributed by atoms with Crippen LogP contribution in [-0.2, 0) is 16.0 Å². The number of nitrogens with zero attached hydrogens (tertiary/aromatic N) is 2. The number of rotatable bonds is 8. The molecule has 2 aromatic heterocycles. The number of aromatic amines is 1. The van der Waals surface area contributed by atoms with E-state index in [0.717, 1.165) is 11.3 Å². The van der Waals surface area contributed by atoms with Gasteiger partial charge in [0.1, 0.15) is 0 Å². The van der Waals surface area contributed by atoms with Gasteiger partial charge in [0.15, 0.2) is 10.9 Å². The van der Waals surface area contributed by atoms with Gasteiger partial charge < -0.3 is 9.72 Å². The first-order valence-electron chi connectivity index (χ1n) is 9.60. The zero-order valence-corrected chi connectivity index (χ0v) is 18.4. The van der Waals surface area contributed by atoms with Crippen molar-refractivity contribution >= 4 is 34.1 Å². The average molecular weight is 438 g/mol. The van der Waals surface area contributed by atoms with Gasteiger partial charge >= 0.3 is 5.97 Å². The Hall–Kier alpha value is -3.52. The van der Waals surface area contributed by atoms with E-state index in [0.29, 0.717) is 22.1 Å². The number of thiazole rings is 1. The number of hydrogen-bond donors (Lipinski definition) is 1. The first-order chi connectivity index (χ1) is 14.9. The van der Waals surface area contributed by atoms with Crippen molar-refractivity contribution in [1.29, 1.82) is 0 Å². The lowest BCUT2D eigenvalue weighted by Gasteiger charge is -2.18. The number of benzene rings is 1. The minimum atomic E-state index is -0.597. The first kappa shape index (κ1) is 22.2. The van der Waals surface area contributed by atoms with Gasteiger partial charge in [0.25, 0.3) is 0 Å². The number of Topliss-reactive ketones (excluding diaryl/α,β-unsaturated/α-hetero) is 1. The molecule has 0 fully saturated rings. The highest BCUT2D eigenvalue weighted by atomic mass is 32.1. The summed E-state index contributed by atoms with van der Waals surface area (Å²) in [5.74, 6) is -1.10. The summed E-state index contributed by atoms with van der Waals surface area (Å²) in [4.78, 5) is 46.5. The summed E-state index contributed by atoms with van der Waals surface area (Å²) in [6, 6.07) is 9.68. The van der Waals surface area contributed by atoms with Gasteiger partial charge in [0.2, 0.25) is 5.91 Å². The van der Waals surface area contributed by atoms with Crippen LogP contribution in [-0.4, -0.2) is 41.3 Å². The topological polar surface area (TPSA) is 92.4 Å². The number of esters is 1. The molecule has 3 rings (SSSR count). The van der Waals surface area contributed by atoms with E-state index in [9.17, 15) is 14.4 Å². The monoisotopic (exact) mass is 437 g/mol. The number of amides is 1. The van der Waals surface area contributed by atoms with Crippen molar-refractivity contribution < 1.29 is 19.1 Å². The van der Waals surface area contributed by atoms with Crippen LogP contribution in [0.5, 0.6) is 0 Å². The molecule has 0 atom stereocenters. The van der Waals surface area contributed by atoms with E-state index in [2.05, 4.69) is 16.5 Å². The Kier molecular flexibility index (Phi) is 6.81. The molecule has 0 saturated carbocycles. The Labute approximate surface area is 184 Å². The molecule has 160 valence electrons. The normalized spacial score (nSPS) is 10.5. The predicted octanol–water partition coefficient (Wildman–Crippen LogP) is 4.20. The maximum Gasteiger partial charge on any atom is 0.339 e. The lowest BCUT2D eigenvalue weighted by Crippen LogP contribution is -2.32. The zero-order valence-electron chi connectivity index (χ0n) is 17.6. The Bertz CT molecular complexity index is 1130. The van der Waals surface area contributed by atoms with Crippen molar-refractivity contribution in [3.8, 4) is 11.3 Å². The molecule has 0 aliphatic heterocycles. The molecule has 0 unspecified atom stereocenters. The van der Waals surface area contributed by atoms with Gasteiger partial charge in [0, 0.05) is 30.1 Å². The number of carbonyl (C=O) groups excluding carboxylic acids is 3. The summed E-state index contributed by atoms with van der Waals surface area (Å²) in [5.41, 5.74) is 3.04. The van der Waals surface area contributed by atoms with Crippen LogP contribution in [0.15, 0.2) is 48.4 Å². The summed E-state index contributed by atoms with van der Waals surface area (Å²) in [7, 11) is 1.26. The third-order valence-electron chi connectivity index (χ3n) is 4.80. The smallest absolute Gasteiger partial charge is 0.339 e. The van der Waals surface area contributed by atoms with E-state index >= 15 is 0 Å². The highest BCUT2D eigenvalue weighted by molar-refractivity contribution is 7.14. The number of methoxy groups -OCH3 is 1. The second kappa shape index (κ2) is 9.53. The van der Waals surface area contributed by atoms with E-state index < -0.39 is 5.97 Å². The maximum absolute atomic E-state index is 13.2. The highest BCUT2D eigenvalue weighted by Crippen LogP contribution is 2.28. The third-order valence-corrected chi connectivity index (χ3v) is 5.67. The van der Waals surface area contributed by atoms with Crippen LogP contribution in [0, 0.1) is 6.92 Å². The molecule has 1 aromatic carbocycles. The number of ether oxygens (including phenoxy) is 1. The number of hydrogen-bond acceptors (Lipinski definition) is 6. The molecular formula is C23H23N3O4S. The fourth-order valence-electron chi connectivity index (χ4n) is 3.31. The first-order valence-corrected chi connectivity index (χ1v) is 10.5. The van der Waals surface area contributed by atoms with Crippen LogP contribution in [0.3, 0.4) is 0 Å². The van der Waals surface area contributed by atoms with Crippen LogP contribution in [0.25, 0.3) is 11.3 Å². The van der Waals surface area contributed by atoms with Gasteiger partial charge in [-0.2, -0.15) is 0 Å².